The fraction of sp³-hybridized carbons (Fsp3) is 0.737. The normalized spacial score (nSPS) is 19.8. The summed E-state index contributed by atoms with van der Waals surface area (Å²) in [6, 6.07) is 0.380. The first-order valence-corrected chi connectivity index (χ1v) is 9.77. The van der Waals surface area contributed by atoms with Gasteiger partial charge in [-0.1, -0.05) is 13.8 Å². The largest absolute Gasteiger partial charge is 0.353 e. The van der Waals surface area contributed by atoms with E-state index in [2.05, 4.69) is 24.1 Å². The summed E-state index contributed by atoms with van der Waals surface area (Å²) in [5.41, 5.74) is 1.58. The van der Waals surface area contributed by atoms with Crippen LogP contribution in [0.1, 0.15) is 68.6 Å². The number of rotatable bonds is 7. The summed E-state index contributed by atoms with van der Waals surface area (Å²) in [6.45, 7) is 6.35. The van der Waals surface area contributed by atoms with Gasteiger partial charge in [0.2, 0.25) is 5.91 Å². The van der Waals surface area contributed by atoms with Gasteiger partial charge in [-0.25, -0.2) is 4.98 Å². The summed E-state index contributed by atoms with van der Waals surface area (Å²) in [4.78, 5) is 31.6. The molecule has 1 fully saturated rings. The second-order valence-electron chi connectivity index (χ2n) is 7.36. The summed E-state index contributed by atoms with van der Waals surface area (Å²) >= 11 is 0. The van der Waals surface area contributed by atoms with Crippen LogP contribution in [0.2, 0.25) is 0 Å². The highest BCUT2D eigenvalue weighted by Crippen LogP contribution is 2.25. The molecule has 0 bridgehead atoms. The Morgan fingerprint density at radius 2 is 1.96 bits per heavy atom. The number of imidazole rings is 1. The molecule has 6 heteroatoms. The molecule has 1 N–H and O–H groups in total. The van der Waals surface area contributed by atoms with Crippen molar-refractivity contribution in [2.24, 2.45) is 5.92 Å². The molecule has 1 aromatic heterocycles. The molecule has 0 radical (unpaired) electrons. The molecule has 1 aliphatic heterocycles. The van der Waals surface area contributed by atoms with E-state index in [1.807, 2.05) is 9.47 Å². The summed E-state index contributed by atoms with van der Waals surface area (Å²) in [5.74, 6) is 0.193. The second-order valence-corrected chi connectivity index (χ2v) is 7.36. The maximum atomic E-state index is 12.8. The lowest BCUT2D eigenvalue weighted by Crippen LogP contribution is -2.44. The number of carbonyl (C=O) groups excluding carboxylic acids is 2. The summed E-state index contributed by atoms with van der Waals surface area (Å²) < 4.78 is 2.01. The third-order valence-corrected chi connectivity index (χ3v) is 5.39. The van der Waals surface area contributed by atoms with Crippen LogP contribution in [0.15, 0.2) is 6.33 Å². The zero-order valence-electron chi connectivity index (χ0n) is 15.5. The number of hydrogen-bond donors (Lipinski definition) is 1. The molecule has 1 aromatic rings. The molecule has 3 rings (SSSR count). The third-order valence-electron chi connectivity index (χ3n) is 5.39. The number of carbonyl (C=O) groups is 2. The van der Waals surface area contributed by atoms with Gasteiger partial charge in [0.1, 0.15) is 5.69 Å². The van der Waals surface area contributed by atoms with Crippen molar-refractivity contribution in [1.29, 1.82) is 0 Å². The Hall–Kier alpha value is -1.85. The van der Waals surface area contributed by atoms with Crippen LogP contribution >= 0.6 is 0 Å². The Bertz CT molecular complexity index is 615. The van der Waals surface area contributed by atoms with E-state index in [1.54, 1.807) is 6.33 Å². The average molecular weight is 346 g/mol. The molecule has 2 amide bonds. The van der Waals surface area contributed by atoms with E-state index < -0.39 is 0 Å². The summed E-state index contributed by atoms with van der Waals surface area (Å²) in [5, 5.41) is 3.15. The van der Waals surface area contributed by atoms with Gasteiger partial charge in [0.05, 0.1) is 17.9 Å². The highest BCUT2D eigenvalue weighted by molar-refractivity contribution is 5.93. The quantitative estimate of drug-likeness (QED) is 0.824. The monoisotopic (exact) mass is 346 g/mol. The second kappa shape index (κ2) is 8.02. The number of fused-ring (bicyclic) bond motifs is 1. The van der Waals surface area contributed by atoms with Crippen LogP contribution in [0, 0.1) is 5.92 Å². The lowest BCUT2D eigenvalue weighted by atomic mass is 9.91. The molecule has 2 heterocycles. The zero-order valence-corrected chi connectivity index (χ0v) is 15.5. The first-order valence-electron chi connectivity index (χ1n) is 9.77. The Morgan fingerprint density at radius 1 is 1.24 bits per heavy atom. The van der Waals surface area contributed by atoms with E-state index >= 15 is 0 Å². The minimum Gasteiger partial charge on any atom is -0.353 e. The molecule has 6 nitrogen and oxygen atoms in total. The van der Waals surface area contributed by atoms with Crippen LogP contribution in [0.3, 0.4) is 0 Å². The average Bonchev–Trinajstić information content (AvgIpc) is 3.00. The molecule has 2 aliphatic rings. The predicted molar refractivity (Wildman–Crippen MR) is 96.3 cm³/mol. The molecule has 1 unspecified atom stereocenters. The fourth-order valence-electron chi connectivity index (χ4n) is 3.74. The first-order chi connectivity index (χ1) is 12.1. The molecule has 1 atom stereocenters. The third kappa shape index (κ3) is 3.88. The smallest absolute Gasteiger partial charge is 0.274 e. The number of nitrogens with zero attached hydrogens (tertiary/aromatic N) is 3. The number of amides is 2. The lowest BCUT2D eigenvalue weighted by molar-refractivity contribution is -0.127. The van der Waals surface area contributed by atoms with Gasteiger partial charge in [0, 0.05) is 25.7 Å². The Labute approximate surface area is 150 Å². The van der Waals surface area contributed by atoms with Crippen LogP contribution in [0.5, 0.6) is 0 Å². The molecule has 1 saturated carbocycles. The molecular formula is C19H30N4O2. The van der Waals surface area contributed by atoms with Crippen molar-refractivity contribution >= 4 is 11.8 Å². The minimum atomic E-state index is -0.00682. The first kappa shape index (κ1) is 18.0. The van der Waals surface area contributed by atoms with E-state index in [-0.39, 0.29) is 17.7 Å². The summed E-state index contributed by atoms with van der Waals surface area (Å²) in [6.07, 6.45) is 8.62. The van der Waals surface area contributed by atoms with Gasteiger partial charge in [-0.2, -0.15) is 0 Å². The van der Waals surface area contributed by atoms with Crippen LogP contribution in [-0.2, 0) is 17.8 Å². The van der Waals surface area contributed by atoms with Gasteiger partial charge in [-0.15, -0.1) is 0 Å². The molecule has 0 spiro atoms. The highest BCUT2D eigenvalue weighted by atomic mass is 16.2. The van der Waals surface area contributed by atoms with Crippen LogP contribution in [-0.4, -0.2) is 45.4 Å². The van der Waals surface area contributed by atoms with E-state index in [9.17, 15) is 9.59 Å². The predicted octanol–water partition coefficient (Wildman–Crippen LogP) is 2.38. The van der Waals surface area contributed by atoms with Gasteiger partial charge in [-0.3, -0.25) is 9.59 Å². The van der Waals surface area contributed by atoms with E-state index in [1.165, 1.54) is 6.42 Å². The van der Waals surface area contributed by atoms with Crippen molar-refractivity contribution in [1.82, 2.24) is 19.8 Å². The van der Waals surface area contributed by atoms with Gasteiger partial charge < -0.3 is 14.8 Å². The molecule has 1 aliphatic carbocycles. The number of hydrogen-bond acceptors (Lipinski definition) is 3. The highest BCUT2D eigenvalue weighted by Gasteiger charge is 2.31. The number of nitrogens with one attached hydrogen (secondary N) is 1. The van der Waals surface area contributed by atoms with Crippen molar-refractivity contribution < 1.29 is 9.59 Å². The molecule has 138 valence electrons. The minimum absolute atomic E-state index is 0.00682. The maximum Gasteiger partial charge on any atom is 0.274 e. The molecule has 25 heavy (non-hydrogen) atoms. The molecule has 0 aromatic carbocycles. The van der Waals surface area contributed by atoms with Crippen LogP contribution < -0.4 is 5.32 Å². The van der Waals surface area contributed by atoms with Gasteiger partial charge in [0.15, 0.2) is 0 Å². The Kier molecular flexibility index (Phi) is 5.76. The molecular weight excluding hydrogens is 316 g/mol. The van der Waals surface area contributed by atoms with Gasteiger partial charge in [0.25, 0.3) is 5.91 Å². The molecule has 0 saturated heterocycles. The van der Waals surface area contributed by atoms with Crippen molar-refractivity contribution in [2.75, 3.05) is 13.1 Å². The lowest BCUT2D eigenvalue weighted by Gasteiger charge is -2.30. The van der Waals surface area contributed by atoms with Gasteiger partial charge >= 0.3 is 0 Å². The van der Waals surface area contributed by atoms with Crippen LogP contribution in [0.25, 0.3) is 0 Å². The summed E-state index contributed by atoms with van der Waals surface area (Å²) in [7, 11) is 0. The van der Waals surface area contributed by atoms with Gasteiger partial charge in [-0.05, 0) is 44.9 Å². The van der Waals surface area contributed by atoms with Crippen molar-refractivity contribution in [2.45, 2.75) is 71.4 Å². The maximum absolute atomic E-state index is 12.8. The fourth-order valence-corrected chi connectivity index (χ4v) is 3.74. The number of aromatic nitrogens is 2. The van der Waals surface area contributed by atoms with E-state index in [4.69, 9.17) is 0 Å². The standard InChI is InChI=1S/C19H30N4O2/c1-3-10-22(11-4-2)19(25)17-16-9-8-14(12-23(16)13-20-17)18(24)21-15-6-5-7-15/h13-15H,3-12H2,1-2H3,(H,21,24). The topological polar surface area (TPSA) is 67.2 Å². The Balaban J connectivity index is 1.67. The van der Waals surface area contributed by atoms with Crippen molar-refractivity contribution in [3.05, 3.63) is 17.7 Å². The van der Waals surface area contributed by atoms with Crippen molar-refractivity contribution in [3.8, 4) is 0 Å². The SMILES string of the molecule is CCCN(CCC)C(=O)c1ncn2c1CCC(C(=O)NC1CCC1)C2. The zero-order chi connectivity index (χ0) is 17.8. The Morgan fingerprint density at radius 3 is 2.56 bits per heavy atom. The van der Waals surface area contributed by atoms with E-state index in [0.717, 1.165) is 57.3 Å². The van der Waals surface area contributed by atoms with Crippen LogP contribution in [0.4, 0.5) is 0 Å². The van der Waals surface area contributed by atoms with Crippen molar-refractivity contribution in [3.63, 3.8) is 0 Å². The van der Waals surface area contributed by atoms with E-state index in [0.29, 0.717) is 18.3 Å².